The maximum atomic E-state index is 12.6. The molecule has 1 fully saturated rings. The Balaban J connectivity index is 0.00000320. The highest BCUT2D eigenvalue weighted by atomic mass is 127. The quantitative estimate of drug-likeness (QED) is 0.332. The lowest BCUT2D eigenvalue weighted by atomic mass is 10.1. The molecule has 0 radical (unpaired) electrons. The molecular formula is C17H24F3IN6O2S. The van der Waals surface area contributed by atoms with Gasteiger partial charge >= 0.3 is 15.5 Å². The fourth-order valence-corrected chi connectivity index (χ4v) is 4.18. The Kier molecular flexibility index (Phi) is 8.33. The lowest BCUT2D eigenvalue weighted by Gasteiger charge is -2.32. The standard InChI is InChI=1S/C17H23F3N6O2S.HI/c1-21-16(22-8-5-14-12-25-9-3-2-4-15(25)23-14)24-13-6-10-26(11-7-13)29(27,28)17(18,19)20;/h2-4,9,12-13H,5-8,10-11H2,1H3,(H2,21,22,24);1H. The first-order valence-corrected chi connectivity index (χ1v) is 10.6. The Labute approximate surface area is 190 Å². The van der Waals surface area contributed by atoms with Gasteiger partial charge in [0.25, 0.3) is 0 Å². The SMILES string of the molecule is CN=C(NCCc1cn2ccccc2n1)NC1CCN(S(=O)(=O)C(F)(F)F)CC1.I. The van der Waals surface area contributed by atoms with Crippen LogP contribution in [0, 0.1) is 0 Å². The first kappa shape index (κ1) is 24.7. The van der Waals surface area contributed by atoms with Gasteiger partial charge in [-0.1, -0.05) is 6.07 Å². The summed E-state index contributed by atoms with van der Waals surface area (Å²) < 4.78 is 63.3. The van der Waals surface area contributed by atoms with Gasteiger partial charge in [0.2, 0.25) is 0 Å². The van der Waals surface area contributed by atoms with Crippen molar-refractivity contribution >= 4 is 45.6 Å². The molecule has 1 aliphatic heterocycles. The average molecular weight is 560 g/mol. The number of fused-ring (bicyclic) bond motifs is 1. The normalized spacial score (nSPS) is 17.0. The monoisotopic (exact) mass is 560 g/mol. The maximum absolute atomic E-state index is 12.6. The summed E-state index contributed by atoms with van der Waals surface area (Å²) in [5.41, 5.74) is -3.47. The highest BCUT2D eigenvalue weighted by Crippen LogP contribution is 2.28. The number of nitrogens with one attached hydrogen (secondary N) is 2. The van der Waals surface area contributed by atoms with Gasteiger partial charge in [-0.3, -0.25) is 4.99 Å². The van der Waals surface area contributed by atoms with Gasteiger partial charge in [0.15, 0.2) is 5.96 Å². The first-order chi connectivity index (χ1) is 13.7. The van der Waals surface area contributed by atoms with E-state index in [1.165, 1.54) is 0 Å². The maximum Gasteiger partial charge on any atom is 0.511 e. The smallest absolute Gasteiger partial charge is 0.356 e. The summed E-state index contributed by atoms with van der Waals surface area (Å²) in [6, 6.07) is 5.61. The van der Waals surface area contributed by atoms with Gasteiger partial charge in [0, 0.05) is 51.5 Å². The second kappa shape index (κ2) is 10.1. The number of rotatable bonds is 5. The minimum Gasteiger partial charge on any atom is -0.356 e. The molecule has 0 bridgehead atoms. The van der Waals surface area contributed by atoms with Gasteiger partial charge in [-0.15, -0.1) is 24.0 Å². The lowest BCUT2D eigenvalue weighted by molar-refractivity contribution is -0.0494. The predicted molar refractivity (Wildman–Crippen MR) is 118 cm³/mol. The van der Waals surface area contributed by atoms with E-state index in [0.29, 0.717) is 23.2 Å². The average Bonchev–Trinajstić information content (AvgIpc) is 3.09. The summed E-state index contributed by atoms with van der Waals surface area (Å²) in [4.78, 5) is 8.63. The number of imidazole rings is 1. The van der Waals surface area contributed by atoms with E-state index < -0.39 is 15.5 Å². The van der Waals surface area contributed by atoms with Crippen LogP contribution in [0.3, 0.4) is 0 Å². The number of aromatic nitrogens is 2. The predicted octanol–water partition coefficient (Wildman–Crippen LogP) is 1.97. The van der Waals surface area contributed by atoms with Crippen LogP contribution >= 0.6 is 24.0 Å². The molecule has 2 aromatic heterocycles. The highest BCUT2D eigenvalue weighted by molar-refractivity contribution is 14.0. The molecule has 3 rings (SSSR count). The van der Waals surface area contributed by atoms with Crippen molar-refractivity contribution in [2.45, 2.75) is 30.8 Å². The number of sulfonamides is 1. The third kappa shape index (κ3) is 5.75. The molecular weight excluding hydrogens is 536 g/mol. The van der Waals surface area contributed by atoms with Crippen LogP contribution in [0.15, 0.2) is 35.6 Å². The van der Waals surface area contributed by atoms with Gasteiger partial charge in [-0.2, -0.15) is 17.5 Å². The number of nitrogens with zero attached hydrogens (tertiary/aromatic N) is 4. The van der Waals surface area contributed by atoms with Crippen LogP contribution < -0.4 is 10.6 Å². The summed E-state index contributed by atoms with van der Waals surface area (Å²) in [6.07, 6.45) is 5.07. The minimum atomic E-state index is -5.26. The molecule has 1 saturated heterocycles. The fourth-order valence-electron chi connectivity index (χ4n) is 3.19. The summed E-state index contributed by atoms with van der Waals surface area (Å²) in [6.45, 7) is 0.209. The fraction of sp³-hybridized carbons (Fsp3) is 0.529. The molecule has 8 nitrogen and oxygen atoms in total. The van der Waals surface area contributed by atoms with E-state index in [1.807, 2.05) is 35.0 Å². The Morgan fingerprint density at radius 2 is 2.00 bits per heavy atom. The molecule has 0 aromatic carbocycles. The Morgan fingerprint density at radius 3 is 2.60 bits per heavy atom. The molecule has 0 atom stereocenters. The molecule has 168 valence electrons. The van der Waals surface area contributed by atoms with Gasteiger partial charge in [-0.05, 0) is 25.0 Å². The van der Waals surface area contributed by atoms with E-state index in [2.05, 4.69) is 20.6 Å². The number of alkyl halides is 3. The van der Waals surface area contributed by atoms with Crippen LogP contribution in [0.25, 0.3) is 5.65 Å². The van der Waals surface area contributed by atoms with E-state index >= 15 is 0 Å². The van der Waals surface area contributed by atoms with Crippen molar-refractivity contribution in [3.8, 4) is 0 Å². The van der Waals surface area contributed by atoms with E-state index in [0.717, 1.165) is 11.3 Å². The number of hydrogen-bond acceptors (Lipinski definition) is 4. The molecule has 1 aliphatic rings. The zero-order chi connectivity index (χ0) is 21.1. The summed E-state index contributed by atoms with van der Waals surface area (Å²) >= 11 is 0. The lowest BCUT2D eigenvalue weighted by Crippen LogP contribution is -2.51. The Bertz CT molecular complexity index is 938. The van der Waals surface area contributed by atoms with Crippen molar-refractivity contribution < 1.29 is 21.6 Å². The molecule has 13 heteroatoms. The number of guanidine groups is 1. The molecule has 0 aliphatic carbocycles. The number of aliphatic imine (C=N–C) groups is 1. The van der Waals surface area contributed by atoms with Crippen LogP contribution in [-0.2, 0) is 16.4 Å². The van der Waals surface area contributed by atoms with Crippen LogP contribution in [-0.4, -0.2) is 66.3 Å². The summed E-state index contributed by atoms with van der Waals surface area (Å²) in [5.74, 6) is 0.519. The first-order valence-electron chi connectivity index (χ1n) is 9.17. The number of hydrogen-bond donors (Lipinski definition) is 2. The van der Waals surface area contributed by atoms with Crippen molar-refractivity contribution in [2.75, 3.05) is 26.7 Å². The third-order valence-corrected chi connectivity index (χ3v) is 6.37. The highest BCUT2D eigenvalue weighted by Gasteiger charge is 2.50. The molecule has 30 heavy (non-hydrogen) atoms. The van der Waals surface area contributed by atoms with Crippen LogP contribution in [0.4, 0.5) is 13.2 Å². The molecule has 0 spiro atoms. The van der Waals surface area contributed by atoms with Crippen molar-refractivity contribution in [2.24, 2.45) is 4.99 Å². The number of pyridine rings is 1. The second-order valence-electron chi connectivity index (χ2n) is 6.72. The van der Waals surface area contributed by atoms with Crippen molar-refractivity contribution in [1.29, 1.82) is 0 Å². The van der Waals surface area contributed by atoms with Crippen molar-refractivity contribution in [1.82, 2.24) is 24.3 Å². The molecule has 0 amide bonds. The van der Waals surface area contributed by atoms with Crippen LogP contribution in [0.1, 0.15) is 18.5 Å². The Hall–Kier alpha value is -1.61. The summed E-state index contributed by atoms with van der Waals surface area (Å²) in [7, 11) is -3.66. The largest absolute Gasteiger partial charge is 0.511 e. The van der Waals surface area contributed by atoms with E-state index in [4.69, 9.17) is 0 Å². The topological polar surface area (TPSA) is 91.1 Å². The minimum absolute atomic E-state index is 0. The molecule has 0 unspecified atom stereocenters. The molecule has 3 heterocycles. The molecule has 2 N–H and O–H groups in total. The Morgan fingerprint density at radius 1 is 1.30 bits per heavy atom. The summed E-state index contributed by atoms with van der Waals surface area (Å²) in [5, 5.41) is 6.29. The van der Waals surface area contributed by atoms with Crippen molar-refractivity contribution in [3.05, 3.63) is 36.3 Å². The molecule has 0 saturated carbocycles. The van der Waals surface area contributed by atoms with E-state index in [-0.39, 0.29) is 55.9 Å². The van der Waals surface area contributed by atoms with E-state index in [1.54, 1.807) is 7.05 Å². The zero-order valence-electron chi connectivity index (χ0n) is 16.3. The molecule has 2 aromatic rings. The number of piperidine rings is 1. The van der Waals surface area contributed by atoms with Gasteiger partial charge < -0.3 is 15.0 Å². The number of halogens is 4. The van der Waals surface area contributed by atoms with Gasteiger partial charge in [-0.25, -0.2) is 13.4 Å². The third-order valence-electron chi connectivity index (χ3n) is 4.74. The van der Waals surface area contributed by atoms with Gasteiger partial charge in [0.1, 0.15) is 5.65 Å². The second-order valence-corrected chi connectivity index (χ2v) is 8.65. The van der Waals surface area contributed by atoms with Crippen molar-refractivity contribution in [3.63, 3.8) is 0 Å². The zero-order valence-corrected chi connectivity index (χ0v) is 19.4. The van der Waals surface area contributed by atoms with Crippen LogP contribution in [0.2, 0.25) is 0 Å². The van der Waals surface area contributed by atoms with Gasteiger partial charge in [0.05, 0.1) is 5.69 Å². The van der Waals surface area contributed by atoms with Crippen LogP contribution in [0.5, 0.6) is 0 Å². The van der Waals surface area contributed by atoms with E-state index in [9.17, 15) is 21.6 Å².